The van der Waals surface area contributed by atoms with Crippen LogP contribution in [0.2, 0.25) is 5.02 Å². The molecule has 0 spiro atoms. The van der Waals surface area contributed by atoms with Gasteiger partial charge in [-0.25, -0.2) is 4.98 Å². The second kappa shape index (κ2) is 5.39. The molecule has 0 aliphatic heterocycles. The van der Waals surface area contributed by atoms with Gasteiger partial charge in [0.15, 0.2) is 0 Å². The fourth-order valence-electron chi connectivity index (χ4n) is 2.19. The maximum atomic E-state index is 5.99. The zero-order valence-electron chi connectivity index (χ0n) is 10.8. The molecule has 1 heterocycles. The Bertz CT molecular complexity index is 720. The Morgan fingerprint density at radius 1 is 1.05 bits per heavy atom. The van der Waals surface area contributed by atoms with E-state index in [-0.39, 0.29) is 0 Å². The zero-order chi connectivity index (χ0) is 13.9. The van der Waals surface area contributed by atoms with Crippen molar-refractivity contribution < 1.29 is 0 Å². The number of imidazole rings is 1. The molecule has 3 rings (SSSR count). The third kappa shape index (κ3) is 2.68. The molecule has 20 heavy (non-hydrogen) atoms. The van der Waals surface area contributed by atoms with Crippen LogP contribution in [-0.4, -0.2) is 9.97 Å². The number of nitrogens with zero attached hydrogens (tertiary/aromatic N) is 1. The first-order valence-corrected chi connectivity index (χ1v) is 6.74. The standard InChI is InChI=1S/C16H14ClN3/c17-13-8-4-5-11(9-13)10-14-19-15(16(18)20-14)12-6-2-1-3-7-12/h1-9H,10,18H2,(H,19,20). The summed E-state index contributed by atoms with van der Waals surface area (Å²) in [6, 6.07) is 17.7. The fraction of sp³-hybridized carbons (Fsp3) is 0.0625. The van der Waals surface area contributed by atoms with Crippen molar-refractivity contribution in [1.82, 2.24) is 9.97 Å². The smallest absolute Gasteiger partial charge is 0.149 e. The van der Waals surface area contributed by atoms with Crippen LogP contribution < -0.4 is 5.73 Å². The highest BCUT2D eigenvalue weighted by atomic mass is 35.5. The molecule has 0 aliphatic rings. The Kier molecular flexibility index (Phi) is 3.44. The van der Waals surface area contributed by atoms with Crippen LogP contribution in [0.1, 0.15) is 11.4 Å². The van der Waals surface area contributed by atoms with Crippen molar-refractivity contribution in [3.05, 3.63) is 71.0 Å². The third-order valence-corrected chi connectivity index (χ3v) is 3.34. The van der Waals surface area contributed by atoms with Crippen molar-refractivity contribution in [1.29, 1.82) is 0 Å². The maximum absolute atomic E-state index is 5.99. The van der Waals surface area contributed by atoms with E-state index in [2.05, 4.69) is 9.97 Å². The van der Waals surface area contributed by atoms with Gasteiger partial charge in [-0.2, -0.15) is 0 Å². The van der Waals surface area contributed by atoms with Crippen molar-refractivity contribution in [2.75, 3.05) is 5.73 Å². The number of aromatic amines is 1. The van der Waals surface area contributed by atoms with Crippen LogP contribution in [0.3, 0.4) is 0 Å². The number of benzene rings is 2. The van der Waals surface area contributed by atoms with Gasteiger partial charge in [0.2, 0.25) is 0 Å². The first kappa shape index (κ1) is 12.8. The predicted molar refractivity (Wildman–Crippen MR) is 82.7 cm³/mol. The fourth-order valence-corrected chi connectivity index (χ4v) is 2.40. The first-order chi connectivity index (χ1) is 9.72. The second-order valence-electron chi connectivity index (χ2n) is 4.62. The highest BCUT2D eigenvalue weighted by molar-refractivity contribution is 6.30. The van der Waals surface area contributed by atoms with E-state index in [9.17, 15) is 0 Å². The van der Waals surface area contributed by atoms with E-state index in [0.29, 0.717) is 12.2 Å². The summed E-state index contributed by atoms with van der Waals surface area (Å²) in [4.78, 5) is 7.68. The number of nitrogen functional groups attached to an aromatic ring is 1. The summed E-state index contributed by atoms with van der Waals surface area (Å²) < 4.78 is 0. The van der Waals surface area contributed by atoms with Crippen LogP contribution in [0.15, 0.2) is 54.6 Å². The summed E-state index contributed by atoms with van der Waals surface area (Å²) in [6.07, 6.45) is 0.678. The van der Waals surface area contributed by atoms with Gasteiger partial charge in [-0.05, 0) is 17.7 Å². The lowest BCUT2D eigenvalue weighted by Gasteiger charge is -1.99. The van der Waals surface area contributed by atoms with E-state index < -0.39 is 0 Å². The molecule has 4 heteroatoms. The van der Waals surface area contributed by atoms with Gasteiger partial charge >= 0.3 is 0 Å². The van der Waals surface area contributed by atoms with E-state index in [1.807, 2.05) is 54.6 Å². The lowest BCUT2D eigenvalue weighted by molar-refractivity contribution is 1.03. The largest absolute Gasteiger partial charge is 0.382 e. The molecule has 0 saturated carbocycles. The molecule has 0 amide bonds. The average molecular weight is 284 g/mol. The topological polar surface area (TPSA) is 54.7 Å². The Hall–Kier alpha value is -2.26. The molecule has 0 aliphatic carbocycles. The number of nitrogens with two attached hydrogens (primary N) is 1. The van der Waals surface area contributed by atoms with Crippen molar-refractivity contribution >= 4 is 17.4 Å². The van der Waals surface area contributed by atoms with Gasteiger partial charge in [0.25, 0.3) is 0 Å². The minimum absolute atomic E-state index is 0.522. The average Bonchev–Trinajstić information content (AvgIpc) is 2.80. The molecular weight excluding hydrogens is 270 g/mol. The van der Waals surface area contributed by atoms with Crippen molar-refractivity contribution in [3.8, 4) is 11.3 Å². The van der Waals surface area contributed by atoms with E-state index in [1.165, 1.54) is 0 Å². The van der Waals surface area contributed by atoms with Crippen LogP contribution >= 0.6 is 11.6 Å². The number of nitrogens with one attached hydrogen (secondary N) is 1. The molecule has 100 valence electrons. The van der Waals surface area contributed by atoms with E-state index in [4.69, 9.17) is 17.3 Å². The number of hydrogen-bond donors (Lipinski definition) is 2. The lowest BCUT2D eigenvalue weighted by Crippen LogP contribution is -1.91. The number of H-pyrrole nitrogens is 1. The van der Waals surface area contributed by atoms with Gasteiger partial charge in [-0.3, -0.25) is 0 Å². The molecule has 0 radical (unpaired) electrons. The third-order valence-electron chi connectivity index (χ3n) is 3.10. The first-order valence-electron chi connectivity index (χ1n) is 6.36. The summed E-state index contributed by atoms with van der Waals surface area (Å²) in [7, 11) is 0. The van der Waals surface area contributed by atoms with Gasteiger partial charge in [0.1, 0.15) is 11.6 Å². The number of rotatable bonds is 3. The second-order valence-corrected chi connectivity index (χ2v) is 5.05. The molecule has 0 saturated heterocycles. The summed E-state index contributed by atoms with van der Waals surface area (Å²) in [6.45, 7) is 0. The predicted octanol–water partition coefficient (Wildman–Crippen LogP) is 3.90. The Balaban J connectivity index is 1.90. The molecule has 0 bridgehead atoms. The number of aromatic nitrogens is 2. The molecule has 1 aromatic heterocycles. The Morgan fingerprint density at radius 3 is 2.60 bits per heavy atom. The minimum Gasteiger partial charge on any atom is -0.382 e. The van der Waals surface area contributed by atoms with E-state index >= 15 is 0 Å². The van der Waals surface area contributed by atoms with Crippen LogP contribution in [0.5, 0.6) is 0 Å². The number of halogens is 1. The van der Waals surface area contributed by atoms with Crippen LogP contribution in [-0.2, 0) is 6.42 Å². The monoisotopic (exact) mass is 283 g/mol. The van der Waals surface area contributed by atoms with Gasteiger partial charge in [-0.1, -0.05) is 54.1 Å². The molecule has 0 unspecified atom stereocenters. The maximum Gasteiger partial charge on any atom is 0.149 e. The summed E-state index contributed by atoms with van der Waals surface area (Å²) in [5.41, 5.74) is 8.99. The molecular formula is C16H14ClN3. The van der Waals surface area contributed by atoms with Gasteiger partial charge in [0.05, 0.1) is 5.69 Å². The van der Waals surface area contributed by atoms with E-state index in [1.54, 1.807) is 0 Å². The summed E-state index contributed by atoms with van der Waals surface area (Å²) in [5, 5.41) is 0.727. The SMILES string of the molecule is Nc1nc(Cc2cccc(Cl)c2)[nH]c1-c1ccccc1. The molecule has 3 aromatic rings. The van der Waals surface area contributed by atoms with Gasteiger partial charge in [-0.15, -0.1) is 0 Å². The minimum atomic E-state index is 0.522. The number of anilines is 1. The number of hydrogen-bond acceptors (Lipinski definition) is 2. The molecule has 0 atom stereocenters. The Morgan fingerprint density at radius 2 is 1.85 bits per heavy atom. The van der Waals surface area contributed by atoms with E-state index in [0.717, 1.165) is 27.7 Å². The highest BCUT2D eigenvalue weighted by Gasteiger charge is 2.09. The molecule has 2 aromatic carbocycles. The van der Waals surface area contributed by atoms with Crippen LogP contribution in [0, 0.1) is 0 Å². The highest BCUT2D eigenvalue weighted by Crippen LogP contribution is 2.24. The van der Waals surface area contributed by atoms with Crippen LogP contribution in [0.25, 0.3) is 11.3 Å². The normalized spacial score (nSPS) is 10.7. The quantitative estimate of drug-likeness (QED) is 0.766. The summed E-state index contributed by atoms with van der Waals surface area (Å²) >= 11 is 5.99. The van der Waals surface area contributed by atoms with Crippen molar-refractivity contribution in [3.63, 3.8) is 0 Å². The molecule has 0 fully saturated rings. The molecule has 3 N–H and O–H groups in total. The Labute approximate surface area is 122 Å². The van der Waals surface area contributed by atoms with Crippen LogP contribution in [0.4, 0.5) is 5.82 Å². The lowest BCUT2D eigenvalue weighted by atomic mass is 10.1. The van der Waals surface area contributed by atoms with Crippen molar-refractivity contribution in [2.24, 2.45) is 0 Å². The van der Waals surface area contributed by atoms with Crippen molar-refractivity contribution in [2.45, 2.75) is 6.42 Å². The van der Waals surface area contributed by atoms with Gasteiger partial charge in [0, 0.05) is 17.0 Å². The molecule has 3 nitrogen and oxygen atoms in total. The van der Waals surface area contributed by atoms with Gasteiger partial charge < -0.3 is 10.7 Å². The zero-order valence-corrected chi connectivity index (χ0v) is 11.6. The summed E-state index contributed by atoms with van der Waals surface area (Å²) in [5.74, 6) is 1.36.